The minimum Gasteiger partial charge on any atom is -0.359 e. The van der Waals surface area contributed by atoms with Crippen LogP contribution in [-0.2, 0) is 9.59 Å². The molecule has 0 spiro atoms. The van der Waals surface area contributed by atoms with Gasteiger partial charge in [0.1, 0.15) is 6.79 Å². The molecule has 9 heavy (non-hydrogen) atoms. The monoisotopic (exact) mass is 131 g/mol. The molecule has 0 saturated carbocycles. The quantitative estimate of drug-likeness (QED) is 0.442. The molecule has 0 aliphatic heterocycles. The minimum atomic E-state index is 0.732. The van der Waals surface area contributed by atoms with E-state index < -0.39 is 0 Å². The van der Waals surface area contributed by atoms with Gasteiger partial charge in [-0.3, -0.25) is 4.79 Å². The van der Waals surface area contributed by atoms with E-state index in [1.807, 2.05) is 6.79 Å². The van der Waals surface area contributed by atoms with Gasteiger partial charge in [-0.15, -0.1) is 0 Å². The third-order valence-electron chi connectivity index (χ3n) is 0.758. The maximum atomic E-state index is 9.57. The molecule has 0 unspecified atom stereocenters. The van der Waals surface area contributed by atoms with E-state index in [4.69, 9.17) is 4.79 Å². The van der Waals surface area contributed by atoms with Gasteiger partial charge in [0.05, 0.1) is 0 Å². The summed E-state index contributed by atoms with van der Waals surface area (Å²) in [5.74, 6) is 0. The van der Waals surface area contributed by atoms with E-state index in [0.29, 0.717) is 0 Å². The van der Waals surface area contributed by atoms with Gasteiger partial charge in [-0.05, 0) is 6.42 Å². The zero-order chi connectivity index (χ0) is 7.54. The lowest BCUT2D eigenvalue weighted by molar-refractivity contribution is -0.109. The first kappa shape index (κ1) is 11.0. The van der Waals surface area contributed by atoms with Crippen LogP contribution in [0, 0.1) is 0 Å². The normalized spacial score (nSPS) is 6.78. The molecule has 0 aromatic carbocycles. The zero-order valence-corrected chi connectivity index (χ0v) is 5.72. The Morgan fingerprint density at radius 2 is 2.11 bits per heavy atom. The highest BCUT2D eigenvalue weighted by Gasteiger charge is 1.76. The number of nitrogens with one attached hydrogen (secondary N) is 1. The van der Waals surface area contributed by atoms with Crippen LogP contribution < -0.4 is 5.32 Å². The predicted molar refractivity (Wildman–Crippen MR) is 36.1 cm³/mol. The van der Waals surface area contributed by atoms with Gasteiger partial charge in [0.2, 0.25) is 6.41 Å². The lowest BCUT2D eigenvalue weighted by atomic mass is 10.3. The van der Waals surface area contributed by atoms with Gasteiger partial charge in [0.15, 0.2) is 0 Å². The summed E-state index contributed by atoms with van der Waals surface area (Å²) in [6.07, 6.45) is 2.95. The first-order chi connectivity index (χ1) is 4.41. The Balaban J connectivity index is 0. The molecule has 3 nitrogen and oxygen atoms in total. The lowest BCUT2D eigenvalue weighted by Gasteiger charge is -1.90. The summed E-state index contributed by atoms with van der Waals surface area (Å²) in [4.78, 5) is 17.6. The minimum absolute atomic E-state index is 0.732. The van der Waals surface area contributed by atoms with Crippen LogP contribution in [0.1, 0.15) is 19.8 Å². The van der Waals surface area contributed by atoms with Crippen LogP contribution in [0.15, 0.2) is 0 Å². The van der Waals surface area contributed by atoms with Crippen LogP contribution in [0.2, 0.25) is 0 Å². The molecule has 0 saturated heterocycles. The van der Waals surface area contributed by atoms with E-state index >= 15 is 0 Å². The lowest BCUT2D eigenvalue weighted by Crippen LogP contribution is -2.11. The van der Waals surface area contributed by atoms with E-state index in [0.717, 1.165) is 25.8 Å². The van der Waals surface area contributed by atoms with Crippen molar-refractivity contribution in [1.82, 2.24) is 5.32 Å². The van der Waals surface area contributed by atoms with Crippen LogP contribution in [-0.4, -0.2) is 19.7 Å². The SMILES string of the molecule is C=O.CCCCNC=O. The molecule has 0 aliphatic rings. The summed E-state index contributed by atoms with van der Waals surface area (Å²) in [6, 6.07) is 0. The fraction of sp³-hybridized carbons (Fsp3) is 0.667. The Morgan fingerprint density at radius 3 is 2.44 bits per heavy atom. The molecule has 0 aromatic heterocycles. The number of carbonyl (C=O) groups is 2. The second-order valence-electron chi connectivity index (χ2n) is 1.43. The fourth-order valence-electron chi connectivity index (χ4n) is 0.338. The highest BCUT2D eigenvalue weighted by molar-refractivity contribution is 5.45. The standard InChI is InChI=1S/C5H11NO.CH2O/c1-2-3-4-6-5-7;1-2/h5H,2-4H2,1H3,(H,6,7);1H2. The average Bonchev–Trinajstić information content (AvgIpc) is 1.94. The molecule has 0 aliphatic carbocycles. The molecule has 54 valence electrons. The zero-order valence-electron chi connectivity index (χ0n) is 5.72. The second kappa shape index (κ2) is 15.7. The smallest absolute Gasteiger partial charge is 0.207 e. The van der Waals surface area contributed by atoms with Gasteiger partial charge in [0, 0.05) is 6.54 Å². The molecule has 0 rings (SSSR count). The van der Waals surface area contributed by atoms with E-state index in [1.54, 1.807) is 0 Å². The second-order valence-corrected chi connectivity index (χ2v) is 1.43. The summed E-state index contributed by atoms with van der Waals surface area (Å²) in [6.45, 7) is 4.91. The van der Waals surface area contributed by atoms with Gasteiger partial charge in [-0.25, -0.2) is 0 Å². The van der Waals surface area contributed by atoms with Crippen LogP contribution in [0.4, 0.5) is 0 Å². The molecule has 0 atom stereocenters. The molecule has 0 radical (unpaired) electrons. The number of carbonyl (C=O) groups excluding carboxylic acids is 2. The van der Waals surface area contributed by atoms with Gasteiger partial charge < -0.3 is 10.1 Å². The number of hydrogen-bond donors (Lipinski definition) is 1. The average molecular weight is 131 g/mol. The van der Waals surface area contributed by atoms with Gasteiger partial charge in [0.25, 0.3) is 0 Å². The molecule has 3 heteroatoms. The molecule has 1 amide bonds. The number of amides is 1. The maximum absolute atomic E-state index is 9.57. The molecule has 0 bridgehead atoms. The van der Waals surface area contributed by atoms with Gasteiger partial charge >= 0.3 is 0 Å². The van der Waals surface area contributed by atoms with Crippen molar-refractivity contribution in [2.24, 2.45) is 0 Å². The van der Waals surface area contributed by atoms with Crippen molar-refractivity contribution in [2.45, 2.75) is 19.8 Å². The van der Waals surface area contributed by atoms with Crippen LogP contribution in [0.5, 0.6) is 0 Å². The Labute approximate surface area is 55.4 Å². The third-order valence-corrected chi connectivity index (χ3v) is 0.758. The largest absolute Gasteiger partial charge is 0.359 e. The molecule has 0 aromatic rings. The predicted octanol–water partition coefficient (Wildman–Crippen LogP) is 0.348. The van der Waals surface area contributed by atoms with E-state index in [9.17, 15) is 4.79 Å². The topological polar surface area (TPSA) is 46.2 Å². The van der Waals surface area contributed by atoms with E-state index in [1.165, 1.54) is 0 Å². The number of rotatable bonds is 4. The molecular weight excluding hydrogens is 118 g/mol. The third kappa shape index (κ3) is 19.1. The molecule has 1 N–H and O–H groups in total. The van der Waals surface area contributed by atoms with Gasteiger partial charge in [-0.1, -0.05) is 13.3 Å². The Morgan fingerprint density at radius 1 is 1.56 bits per heavy atom. The highest BCUT2D eigenvalue weighted by Crippen LogP contribution is 1.79. The Bertz CT molecular complexity index is 57.0. The van der Waals surface area contributed by atoms with Crippen LogP contribution in [0.3, 0.4) is 0 Å². The Kier molecular flexibility index (Phi) is 19.2. The summed E-state index contributed by atoms with van der Waals surface area (Å²) < 4.78 is 0. The summed E-state index contributed by atoms with van der Waals surface area (Å²) in [7, 11) is 0. The first-order valence-corrected chi connectivity index (χ1v) is 2.87. The van der Waals surface area contributed by atoms with E-state index in [-0.39, 0.29) is 0 Å². The summed E-state index contributed by atoms with van der Waals surface area (Å²) >= 11 is 0. The van der Waals surface area contributed by atoms with E-state index in [2.05, 4.69) is 12.2 Å². The van der Waals surface area contributed by atoms with Crippen molar-refractivity contribution in [3.63, 3.8) is 0 Å². The summed E-state index contributed by atoms with van der Waals surface area (Å²) in [5.41, 5.74) is 0. The van der Waals surface area contributed by atoms with Gasteiger partial charge in [-0.2, -0.15) is 0 Å². The number of hydrogen-bond acceptors (Lipinski definition) is 2. The van der Waals surface area contributed by atoms with Crippen molar-refractivity contribution in [3.8, 4) is 0 Å². The molecular formula is C6H13NO2. The van der Waals surface area contributed by atoms with Crippen molar-refractivity contribution >= 4 is 13.2 Å². The molecule has 0 fully saturated rings. The van der Waals surface area contributed by atoms with Crippen molar-refractivity contribution in [3.05, 3.63) is 0 Å². The fourth-order valence-corrected chi connectivity index (χ4v) is 0.338. The van der Waals surface area contributed by atoms with Crippen LogP contribution >= 0.6 is 0 Å². The number of unbranched alkanes of at least 4 members (excludes halogenated alkanes) is 1. The van der Waals surface area contributed by atoms with Crippen molar-refractivity contribution < 1.29 is 9.59 Å². The highest BCUT2D eigenvalue weighted by atomic mass is 16.1. The Hall–Kier alpha value is -0.860. The summed E-state index contributed by atoms with van der Waals surface area (Å²) in [5, 5.41) is 2.57. The van der Waals surface area contributed by atoms with Crippen molar-refractivity contribution in [1.29, 1.82) is 0 Å². The van der Waals surface area contributed by atoms with Crippen molar-refractivity contribution in [2.75, 3.05) is 6.54 Å². The van der Waals surface area contributed by atoms with Crippen LogP contribution in [0.25, 0.3) is 0 Å². The molecule has 0 heterocycles. The first-order valence-electron chi connectivity index (χ1n) is 2.87. The maximum Gasteiger partial charge on any atom is 0.207 e.